The Labute approximate surface area is 162 Å². The molecule has 0 saturated heterocycles. The van der Waals surface area contributed by atoms with Crippen LogP contribution in [0.5, 0.6) is 5.75 Å². The number of aliphatic hydroxyl groups is 1. The largest absolute Gasteiger partial charge is 0.507 e. The van der Waals surface area contributed by atoms with Gasteiger partial charge < -0.3 is 10.2 Å². The molecule has 27 heavy (non-hydrogen) atoms. The summed E-state index contributed by atoms with van der Waals surface area (Å²) in [6, 6.07) is 11.9. The molecule has 1 aliphatic rings. The van der Waals surface area contributed by atoms with Gasteiger partial charge >= 0.3 is 0 Å². The summed E-state index contributed by atoms with van der Waals surface area (Å²) in [7, 11) is 0. The second kappa shape index (κ2) is 6.79. The number of aliphatic hydroxyl groups excluding tert-OH is 1. The number of phenolic OH excluding ortho intramolecular Hbond substituents is 1. The maximum atomic E-state index is 10.9. The molecular weight excluding hydrogens is 334 g/mol. The number of benzene rings is 2. The fourth-order valence-electron chi connectivity index (χ4n) is 3.65. The third-order valence-corrected chi connectivity index (χ3v) is 5.35. The van der Waals surface area contributed by atoms with Gasteiger partial charge in [-0.05, 0) is 33.6 Å². The molecule has 0 spiro atoms. The van der Waals surface area contributed by atoms with Gasteiger partial charge in [-0.25, -0.2) is 0 Å². The Balaban J connectivity index is 2.05. The van der Waals surface area contributed by atoms with E-state index in [2.05, 4.69) is 52.6 Å². The van der Waals surface area contributed by atoms with Crippen LogP contribution in [0, 0.1) is 0 Å². The van der Waals surface area contributed by atoms with Crippen molar-refractivity contribution in [2.24, 2.45) is 4.99 Å². The molecule has 0 aromatic heterocycles. The van der Waals surface area contributed by atoms with Gasteiger partial charge in [-0.1, -0.05) is 71.9 Å². The van der Waals surface area contributed by atoms with Gasteiger partial charge in [0.25, 0.3) is 0 Å². The summed E-state index contributed by atoms with van der Waals surface area (Å²) >= 11 is 0. The monoisotopic (exact) mass is 365 g/mol. The molecule has 2 aromatic carbocycles. The van der Waals surface area contributed by atoms with Crippen molar-refractivity contribution in [3.8, 4) is 5.75 Å². The first-order chi connectivity index (χ1) is 12.5. The second-order valence-electron chi connectivity index (χ2n) is 9.65. The zero-order valence-electron chi connectivity index (χ0n) is 17.2. The molecule has 0 bridgehead atoms. The van der Waals surface area contributed by atoms with Crippen LogP contribution in [-0.4, -0.2) is 22.5 Å². The van der Waals surface area contributed by atoms with Crippen LogP contribution < -0.4 is 0 Å². The molecule has 0 aliphatic heterocycles. The van der Waals surface area contributed by atoms with Crippen molar-refractivity contribution in [2.45, 2.75) is 70.9 Å². The quantitative estimate of drug-likeness (QED) is 0.731. The molecule has 0 unspecified atom stereocenters. The summed E-state index contributed by atoms with van der Waals surface area (Å²) < 4.78 is 0. The Hall–Kier alpha value is -2.13. The number of hydrogen-bond acceptors (Lipinski definition) is 3. The molecule has 2 N–H and O–H groups in total. The van der Waals surface area contributed by atoms with E-state index in [0.717, 1.165) is 16.7 Å². The minimum absolute atomic E-state index is 0.0320. The van der Waals surface area contributed by atoms with Crippen LogP contribution in [0.3, 0.4) is 0 Å². The van der Waals surface area contributed by atoms with Crippen molar-refractivity contribution < 1.29 is 10.2 Å². The van der Waals surface area contributed by atoms with Crippen LogP contribution in [0.25, 0.3) is 0 Å². The highest BCUT2D eigenvalue weighted by Crippen LogP contribution is 2.38. The fourth-order valence-corrected chi connectivity index (χ4v) is 3.65. The molecule has 2 aromatic rings. The van der Waals surface area contributed by atoms with E-state index in [1.165, 1.54) is 5.56 Å². The first-order valence-electron chi connectivity index (χ1n) is 9.65. The molecule has 3 heteroatoms. The molecular formula is C24H31NO2. The Kier molecular flexibility index (Phi) is 4.94. The number of rotatable bonds is 2. The standard InChI is InChI=1S/C24H31NO2/c1-23(2,3)17-11-16(22(27)19(13-17)24(4,5)6)14-25-21-18-10-8-7-9-15(18)12-20(21)26/h7-11,13-14,20-21,26-27H,12H2,1-6H3/b25-14+/t20-,21+/m0/s1. The minimum Gasteiger partial charge on any atom is -0.507 e. The Morgan fingerprint density at radius 2 is 1.67 bits per heavy atom. The van der Waals surface area contributed by atoms with Crippen molar-refractivity contribution in [2.75, 3.05) is 0 Å². The molecule has 3 rings (SSSR count). The van der Waals surface area contributed by atoms with E-state index in [0.29, 0.717) is 12.0 Å². The number of aromatic hydroxyl groups is 1. The number of aliphatic imine (C=N–C) groups is 1. The van der Waals surface area contributed by atoms with Crippen molar-refractivity contribution >= 4 is 6.21 Å². The van der Waals surface area contributed by atoms with E-state index in [9.17, 15) is 10.2 Å². The first-order valence-corrected chi connectivity index (χ1v) is 9.65. The molecule has 0 saturated carbocycles. The zero-order valence-corrected chi connectivity index (χ0v) is 17.2. The van der Waals surface area contributed by atoms with Crippen molar-refractivity contribution in [3.63, 3.8) is 0 Å². The molecule has 0 radical (unpaired) electrons. The highest BCUT2D eigenvalue weighted by atomic mass is 16.3. The van der Waals surface area contributed by atoms with E-state index in [1.54, 1.807) is 6.21 Å². The lowest BCUT2D eigenvalue weighted by atomic mass is 9.79. The number of fused-ring (bicyclic) bond motifs is 1. The van der Waals surface area contributed by atoms with Crippen molar-refractivity contribution in [1.82, 2.24) is 0 Å². The summed E-state index contributed by atoms with van der Waals surface area (Å²) in [5.74, 6) is 0.278. The van der Waals surface area contributed by atoms with E-state index in [1.807, 2.05) is 30.3 Å². The highest BCUT2D eigenvalue weighted by Gasteiger charge is 2.30. The lowest BCUT2D eigenvalue weighted by molar-refractivity contribution is 0.159. The van der Waals surface area contributed by atoms with E-state index in [4.69, 9.17) is 0 Å². The van der Waals surface area contributed by atoms with Gasteiger partial charge in [0.05, 0.1) is 6.10 Å². The predicted octanol–water partition coefficient (Wildman–Crippen LogP) is 5.06. The van der Waals surface area contributed by atoms with Gasteiger partial charge in [0, 0.05) is 23.8 Å². The number of nitrogens with zero attached hydrogens (tertiary/aromatic N) is 1. The first kappa shape index (κ1) is 19.6. The van der Waals surface area contributed by atoms with Gasteiger partial charge in [-0.15, -0.1) is 0 Å². The van der Waals surface area contributed by atoms with E-state index in [-0.39, 0.29) is 22.6 Å². The summed E-state index contributed by atoms with van der Waals surface area (Å²) in [5, 5.41) is 21.3. The molecule has 3 nitrogen and oxygen atoms in total. The summed E-state index contributed by atoms with van der Waals surface area (Å²) in [5.41, 5.74) is 4.81. The lowest BCUT2D eigenvalue weighted by Gasteiger charge is -2.27. The van der Waals surface area contributed by atoms with Crippen LogP contribution >= 0.6 is 0 Å². The number of phenols is 1. The fraction of sp³-hybridized carbons (Fsp3) is 0.458. The Morgan fingerprint density at radius 3 is 2.30 bits per heavy atom. The van der Waals surface area contributed by atoms with Crippen LogP contribution in [-0.2, 0) is 17.3 Å². The third-order valence-electron chi connectivity index (χ3n) is 5.35. The normalized spacial score (nSPS) is 20.3. The predicted molar refractivity (Wildman–Crippen MR) is 112 cm³/mol. The molecule has 0 fully saturated rings. The van der Waals surface area contributed by atoms with Gasteiger partial charge in [-0.3, -0.25) is 4.99 Å². The number of hydrogen-bond donors (Lipinski definition) is 2. The summed E-state index contributed by atoms with van der Waals surface area (Å²) in [4.78, 5) is 4.69. The summed E-state index contributed by atoms with van der Waals surface area (Å²) in [6.45, 7) is 12.8. The SMILES string of the molecule is CC(C)(C)c1cc(/C=N/[C@@H]2c3ccccc3C[C@@H]2O)c(O)c(C(C)(C)C)c1. The topological polar surface area (TPSA) is 52.8 Å². The van der Waals surface area contributed by atoms with E-state index < -0.39 is 6.10 Å². The van der Waals surface area contributed by atoms with Crippen molar-refractivity contribution in [3.05, 3.63) is 64.2 Å². The maximum absolute atomic E-state index is 10.9. The van der Waals surface area contributed by atoms with Gasteiger partial charge in [0.15, 0.2) is 0 Å². The summed E-state index contributed by atoms with van der Waals surface area (Å²) in [6.07, 6.45) is 1.84. The molecule has 0 amide bonds. The van der Waals surface area contributed by atoms with Gasteiger partial charge in [0.2, 0.25) is 0 Å². The highest BCUT2D eigenvalue weighted by molar-refractivity contribution is 5.85. The third kappa shape index (κ3) is 3.93. The Bertz CT molecular complexity index is 869. The maximum Gasteiger partial charge on any atom is 0.128 e. The zero-order chi connectivity index (χ0) is 20.0. The molecule has 0 heterocycles. The lowest BCUT2D eigenvalue weighted by Crippen LogP contribution is -2.17. The average molecular weight is 366 g/mol. The smallest absolute Gasteiger partial charge is 0.128 e. The van der Waals surface area contributed by atoms with Crippen molar-refractivity contribution in [1.29, 1.82) is 0 Å². The molecule has 144 valence electrons. The van der Waals surface area contributed by atoms with Crippen LogP contribution in [0.4, 0.5) is 0 Å². The van der Waals surface area contributed by atoms with Crippen LogP contribution in [0.2, 0.25) is 0 Å². The van der Waals surface area contributed by atoms with E-state index >= 15 is 0 Å². The van der Waals surface area contributed by atoms with Crippen LogP contribution in [0.1, 0.15) is 75.4 Å². The van der Waals surface area contributed by atoms with Crippen LogP contribution in [0.15, 0.2) is 41.4 Å². The van der Waals surface area contributed by atoms with Gasteiger partial charge in [-0.2, -0.15) is 0 Å². The van der Waals surface area contributed by atoms with Gasteiger partial charge in [0.1, 0.15) is 11.8 Å². The molecule has 2 atom stereocenters. The minimum atomic E-state index is -0.520. The average Bonchev–Trinajstić information content (AvgIpc) is 2.87. The Morgan fingerprint density at radius 1 is 1.00 bits per heavy atom. The molecule has 1 aliphatic carbocycles. The second-order valence-corrected chi connectivity index (χ2v) is 9.65.